The van der Waals surface area contributed by atoms with Gasteiger partial charge in [-0.15, -0.1) is 0 Å². The number of anilines is 2. The molecule has 0 saturated carbocycles. The molecule has 120 valence electrons. The number of carbonyl (C=O) groups excluding carboxylic acids is 2. The molecule has 1 fully saturated rings. The van der Waals surface area contributed by atoms with E-state index in [9.17, 15) is 9.59 Å². The number of aryl methyl sites for hydroxylation is 1. The standard InChI is InChI=1S/C17H25N3O2/c1-11(2)17(22)19-14-7-6-12(3)15(9-14)20-16(21)10-13-5-4-8-18-13/h6-7,9,11,13,18H,4-5,8,10H2,1-3H3,(H,19,22)(H,20,21). The molecule has 1 aromatic rings. The average molecular weight is 303 g/mol. The van der Waals surface area contributed by atoms with Gasteiger partial charge in [-0.3, -0.25) is 9.59 Å². The van der Waals surface area contributed by atoms with Crippen molar-refractivity contribution in [1.82, 2.24) is 5.32 Å². The van der Waals surface area contributed by atoms with Crippen LogP contribution in [0.25, 0.3) is 0 Å². The molecule has 0 aromatic heterocycles. The molecule has 1 aliphatic rings. The van der Waals surface area contributed by atoms with Crippen LogP contribution < -0.4 is 16.0 Å². The van der Waals surface area contributed by atoms with Crippen molar-refractivity contribution in [2.45, 2.75) is 46.1 Å². The summed E-state index contributed by atoms with van der Waals surface area (Å²) < 4.78 is 0. The molecule has 1 saturated heterocycles. The fraction of sp³-hybridized carbons (Fsp3) is 0.529. The number of hydrogen-bond donors (Lipinski definition) is 3. The van der Waals surface area contributed by atoms with E-state index in [2.05, 4.69) is 16.0 Å². The first-order valence-electron chi connectivity index (χ1n) is 7.90. The van der Waals surface area contributed by atoms with Crippen molar-refractivity contribution >= 4 is 23.2 Å². The highest BCUT2D eigenvalue weighted by Gasteiger charge is 2.18. The van der Waals surface area contributed by atoms with Crippen LogP contribution in [0.4, 0.5) is 11.4 Å². The molecule has 0 bridgehead atoms. The Kier molecular flexibility index (Phi) is 5.55. The Morgan fingerprint density at radius 3 is 2.73 bits per heavy atom. The molecule has 5 nitrogen and oxygen atoms in total. The fourth-order valence-corrected chi connectivity index (χ4v) is 2.48. The van der Waals surface area contributed by atoms with Crippen molar-refractivity contribution < 1.29 is 9.59 Å². The highest BCUT2D eigenvalue weighted by molar-refractivity contribution is 5.95. The zero-order valence-corrected chi connectivity index (χ0v) is 13.5. The summed E-state index contributed by atoms with van der Waals surface area (Å²) in [7, 11) is 0. The molecule has 2 amide bonds. The number of amides is 2. The summed E-state index contributed by atoms with van der Waals surface area (Å²) in [5, 5.41) is 9.12. The second-order valence-electron chi connectivity index (χ2n) is 6.22. The number of carbonyl (C=O) groups is 2. The highest BCUT2D eigenvalue weighted by Crippen LogP contribution is 2.21. The minimum Gasteiger partial charge on any atom is -0.326 e. The third-order valence-corrected chi connectivity index (χ3v) is 3.90. The van der Waals surface area contributed by atoms with E-state index in [1.807, 2.05) is 39.0 Å². The van der Waals surface area contributed by atoms with Crippen LogP contribution >= 0.6 is 0 Å². The van der Waals surface area contributed by atoms with Gasteiger partial charge < -0.3 is 16.0 Å². The summed E-state index contributed by atoms with van der Waals surface area (Å²) in [5.41, 5.74) is 2.44. The van der Waals surface area contributed by atoms with Crippen molar-refractivity contribution in [3.63, 3.8) is 0 Å². The van der Waals surface area contributed by atoms with Crippen molar-refractivity contribution in [1.29, 1.82) is 0 Å². The summed E-state index contributed by atoms with van der Waals surface area (Å²) in [5.74, 6) is -0.0982. The second kappa shape index (κ2) is 7.40. The van der Waals surface area contributed by atoms with Gasteiger partial charge in [-0.2, -0.15) is 0 Å². The smallest absolute Gasteiger partial charge is 0.226 e. The van der Waals surface area contributed by atoms with Gasteiger partial charge in [-0.25, -0.2) is 0 Å². The van der Waals surface area contributed by atoms with Crippen LogP contribution in [0.5, 0.6) is 0 Å². The van der Waals surface area contributed by atoms with Crippen LogP contribution in [-0.2, 0) is 9.59 Å². The van der Waals surface area contributed by atoms with Crippen molar-refractivity contribution in [3.8, 4) is 0 Å². The molecule has 3 N–H and O–H groups in total. The molecule has 0 spiro atoms. The van der Waals surface area contributed by atoms with Gasteiger partial charge >= 0.3 is 0 Å². The molecule has 0 radical (unpaired) electrons. The van der Waals surface area contributed by atoms with Gasteiger partial charge in [-0.05, 0) is 44.0 Å². The van der Waals surface area contributed by atoms with Crippen LogP contribution in [0, 0.1) is 12.8 Å². The van der Waals surface area contributed by atoms with Crippen LogP contribution in [0.15, 0.2) is 18.2 Å². The summed E-state index contributed by atoms with van der Waals surface area (Å²) in [6.07, 6.45) is 2.67. The molecule has 1 heterocycles. The molecule has 5 heteroatoms. The first-order chi connectivity index (χ1) is 10.5. The maximum atomic E-state index is 12.1. The number of benzene rings is 1. The summed E-state index contributed by atoms with van der Waals surface area (Å²) >= 11 is 0. The van der Waals surface area contributed by atoms with Gasteiger partial charge in [-0.1, -0.05) is 19.9 Å². The first kappa shape index (κ1) is 16.5. The Bertz CT molecular complexity index is 549. The summed E-state index contributed by atoms with van der Waals surface area (Å²) in [6, 6.07) is 5.85. The average Bonchev–Trinajstić information content (AvgIpc) is 2.95. The highest BCUT2D eigenvalue weighted by atomic mass is 16.2. The summed E-state index contributed by atoms with van der Waals surface area (Å²) in [4.78, 5) is 23.9. The Morgan fingerprint density at radius 2 is 2.09 bits per heavy atom. The molecular formula is C17H25N3O2. The van der Waals surface area contributed by atoms with Crippen molar-refractivity contribution in [2.75, 3.05) is 17.2 Å². The van der Waals surface area contributed by atoms with E-state index in [1.165, 1.54) is 0 Å². The van der Waals surface area contributed by atoms with Gasteiger partial charge in [0.1, 0.15) is 0 Å². The maximum Gasteiger partial charge on any atom is 0.226 e. The SMILES string of the molecule is Cc1ccc(NC(=O)C(C)C)cc1NC(=O)CC1CCCN1. The molecule has 2 rings (SSSR count). The van der Waals surface area contributed by atoms with E-state index in [0.29, 0.717) is 12.1 Å². The normalized spacial score (nSPS) is 17.5. The van der Waals surface area contributed by atoms with Gasteiger partial charge in [0.2, 0.25) is 11.8 Å². The molecule has 1 aliphatic heterocycles. The Morgan fingerprint density at radius 1 is 1.32 bits per heavy atom. The quantitative estimate of drug-likeness (QED) is 0.783. The lowest BCUT2D eigenvalue weighted by molar-refractivity contribution is -0.119. The lowest BCUT2D eigenvalue weighted by Crippen LogP contribution is -2.27. The van der Waals surface area contributed by atoms with Crippen molar-refractivity contribution in [2.24, 2.45) is 5.92 Å². The van der Waals surface area contributed by atoms with Gasteiger partial charge in [0.25, 0.3) is 0 Å². The Hall–Kier alpha value is -1.88. The predicted molar refractivity (Wildman–Crippen MR) is 88.9 cm³/mol. The largest absolute Gasteiger partial charge is 0.326 e. The zero-order valence-electron chi connectivity index (χ0n) is 13.5. The monoisotopic (exact) mass is 303 g/mol. The second-order valence-corrected chi connectivity index (χ2v) is 6.22. The fourth-order valence-electron chi connectivity index (χ4n) is 2.48. The lowest BCUT2D eigenvalue weighted by atomic mass is 10.1. The predicted octanol–water partition coefficient (Wildman–Crippen LogP) is 2.67. The van der Waals surface area contributed by atoms with Gasteiger partial charge in [0.05, 0.1) is 0 Å². The van der Waals surface area contributed by atoms with Crippen LogP contribution in [0.3, 0.4) is 0 Å². The Balaban J connectivity index is 1.99. The van der Waals surface area contributed by atoms with Crippen LogP contribution in [0.1, 0.15) is 38.7 Å². The molecule has 1 atom stereocenters. The Labute approximate surface area is 131 Å². The molecular weight excluding hydrogens is 278 g/mol. The lowest BCUT2D eigenvalue weighted by Gasteiger charge is -2.14. The maximum absolute atomic E-state index is 12.1. The van der Waals surface area contributed by atoms with E-state index in [4.69, 9.17) is 0 Å². The molecule has 22 heavy (non-hydrogen) atoms. The first-order valence-corrected chi connectivity index (χ1v) is 7.90. The van der Waals surface area contributed by atoms with E-state index in [1.54, 1.807) is 0 Å². The van der Waals surface area contributed by atoms with Crippen LogP contribution in [0.2, 0.25) is 0 Å². The zero-order chi connectivity index (χ0) is 16.1. The molecule has 0 aliphatic carbocycles. The van der Waals surface area contributed by atoms with E-state index in [0.717, 1.165) is 30.6 Å². The minimum atomic E-state index is -0.0761. The van der Waals surface area contributed by atoms with Crippen LogP contribution in [-0.4, -0.2) is 24.4 Å². The summed E-state index contributed by atoms with van der Waals surface area (Å²) in [6.45, 7) is 6.63. The number of rotatable bonds is 5. The van der Waals surface area contributed by atoms with Crippen molar-refractivity contribution in [3.05, 3.63) is 23.8 Å². The van der Waals surface area contributed by atoms with Gasteiger partial charge in [0, 0.05) is 29.8 Å². The van der Waals surface area contributed by atoms with E-state index in [-0.39, 0.29) is 23.8 Å². The third kappa shape index (κ3) is 4.56. The van der Waals surface area contributed by atoms with E-state index < -0.39 is 0 Å². The third-order valence-electron chi connectivity index (χ3n) is 3.90. The minimum absolute atomic E-state index is 0.00911. The topological polar surface area (TPSA) is 70.2 Å². The van der Waals surface area contributed by atoms with E-state index >= 15 is 0 Å². The molecule has 1 aromatic carbocycles. The van der Waals surface area contributed by atoms with Gasteiger partial charge in [0.15, 0.2) is 0 Å². The molecule has 1 unspecified atom stereocenters. The number of nitrogens with one attached hydrogen (secondary N) is 3. The number of hydrogen-bond acceptors (Lipinski definition) is 3.